The highest BCUT2D eigenvalue weighted by Crippen LogP contribution is 2.11. The number of H-pyrrole nitrogens is 1. The molecule has 0 fully saturated rings. The van der Waals surface area contributed by atoms with E-state index in [2.05, 4.69) is 10.3 Å². The molecule has 0 aliphatic heterocycles. The molecule has 0 radical (unpaired) electrons. The van der Waals surface area contributed by atoms with Gasteiger partial charge in [-0.15, -0.1) is 0 Å². The van der Waals surface area contributed by atoms with Gasteiger partial charge in [-0.3, -0.25) is 9.59 Å². The number of aromatic nitrogens is 1. The second-order valence-electron chi connectivity index (χ2n) is 5.91. The standard InChI is InChI=1S/C20H17ClN2O4/c21-15-6-3-4-13(10-15)8-9-22-18(24)12-27-20(26)17-11-14-5-1-2-7-16(14)19(25)23-17/h1-7,10-11H,8-9,12H2,(H,22,24)(H,23,25). The second-order valence-corrected chi connectivity index (χ2v) is 6.34. The predicted molar refractivity (Wildman–Crippen MR) is 103 cm³/mol. The van der Waals surface area contributed by atoms with Gasteiger partial charge in [0.2, 0.25) is 0 Å². The zero-order valence-electron chi connectivity index (χ0n) is 14.3. The van der Waals surface area contributed by atoms with E-state index in [1.165, 1.54) is 6.07 Å². The number of benzene rings is 2. The molecule has 2 N–H and O–H groups in total. The Hall–Kier alpha value is -3.12. The minimum Gasteiger partial charge on any atom is -0.451 e. The highest BCUT2D eigenvalue weighted by molar-refractivity contribution is 6.30. The van der Waals surface area contributed by atoms with Crippen LogP contribution < -0.4 is 10.9 Å². The summed E-state index contributed by atoms with van der Waals surface area (Å²) in [5.74, 6) is -1.18. The van der Waals surface area contributed by atoms with Crippen LogP contribution in [0.2, 0.25) is 5.02 Å². The van der Waals surface area contributed by atoms with Gasteiger partial charge in [-0.2, -0.15) is 0 Å². The number of carbonyl (C=O) groups excluding carboxylic acids is 2. The van der Waals surface area contributed by atoms with Gasteiger partial charge in [0.15, 0.2) is 6.61 Å². The van der Waals surface area contributed by atoms with E-state index < -0.39 is 18.5 Å². The molecule has 0 saturated carbocycles. The molecule has 3 rings (SSSR count). The number of aromatic amines is 1. The Balaban J connectivity index is 1.51. The Morgan fingerprint density at radius 1 is 1.07 bits per heavy atom. The van der Waals surface area contributed by atoms with Gasteiger partial charge in [0.25, 0.3) is 11.5 Å². The van der Waals surface area contributed by atoms with Crippen molar-refractivity contribution < 1.29 is 14.3 Å². The van der Waals surface area contributed by atoms with E-state index in [9.17, 15) is 14.4 Å². The summed E-state index contributed by atoms with van der Waals surface area (Å²) >= 11 is 5.91. The molecule has 7 heteroatoms. The van der Waals surface area contributed by atoms with Crippen molar-refractivity contribution in [3.8, 4) is 0 Å². The van der Waals surface area contributed by atoms with Crippen LogP contribution in [0.15, 0.2) is 59.4 Å². The quantitative estimate of drug-likeness (QED) is 0.639. The molecule has 1 amide bonds. The topological polar surface area (TPSA) is 88.3 Å². The van der Waals surface area contributed by atoms with E-state index in [-0.39, 0.29) is 11.3 Å². The lowest BCUT2D eigenvalue weighted by Gasteiger charge is -2.07. The Labute approximate surface area is 160 Å². The molecule has 0 aliphatic rings. The molecule has 1 heterocycles. The van der Waals surface area contributed by atoms with E-state index in [4.69, 9.17) is 16.3 Å². The van der Waals surface area contributed by atoms with Crippen molar-refractivity contribution in [2.24, 2.45) is 0 Å². The zero-order valence-corrected chi connectivity index (χ0v) is 15.1. The number of hydrogen-bond donors (Lipinski definition) is 2. The van der Waals surface area contributed by atoms with Crippen LogP contribution in [0.4, 0.5) is 0 Å². The summed E-state index contributed by atoms with van der Waals surface area (Å²) in [6.45, 7) is -0.0350. The van der Waals surface area contributed by atoms with E-state index >= 15 is 0 Å². The molecule has 0 aliphatic carbocycles. The van der Waals surface area contributed by atoms with Crippen molar-refractivity contribution in [1.29, 1.82) is 0 Å². The van der Waals surface area contributed by atoms with E-state index in [1.54, 1.807) is 30.3 Å². The fourth-order valence-corrected chi connectivity index (χ4v) is 2.83. The fourth-order valence-electron chi connectivity index (χ4n) is 2.62. The third-order valence-electron chi connectivity index (χ3n) is 3.93. The van der Waals surface area contributed by atoms with Crippen molar-refractivity contribution in [1.82, 2.24) is 10.3 Å². The van der Waals surface area contributed by atoms with E-state index in [0.29, 0.717) is 28.8 Å². The number of esters is 1. The third kappa shape index (κ3) is 4.95. The summed E-state index contributed by atoms with van der Waals surface area (Å²) in [7, 11) is 0. The molecule has 138 valence electrons. The van der Waals surface area contributed by atoms with Crippen LogP contribution in [-0.2, 0) is 16.0 Å². The lowest BCUT2D eigenvalue weighted by Crippen LogP contribution is -2.30. The smallest absolute Gasteiger partial charge is 0.355 e. The molecule has 1 aromatic heterocycles. The summed E-state index contributed by atoms with van der Waals surface area (Å²) in [5, 5.41) is 4.41. The van der Waals surface area contributed by atoms with Crippen LogP contribution in [0.5, 0.6) is 0 Å². The highest BCUT2D eigenvalue weighted by atomic mass is 35.5. The van der Waals surface area contributed by atoms with Crippen molar-refractivity contribution in [3.63, 3.8) is 0 Å². The van der Waals surface area contributed by atoms with Crippen molar-refractivity contribution in [2.45, 2.75) is 6.42 Å². The molecule has 0 unspecified atom stereocenters. The average Bonchev–Trinajstić information content (AvgIpc) is 2.66. The maximum atomic E-state index is 12.1. The van der Waals surface area contributed by atoms with Gasteiger partial charge in [0.1, 0.15) is 5.69 Å². The summed E-state index contributed by atoms with van der Waals surface area (Å²) in [6, 6.07) is 15.8. The summed E-state index contributed by atoms with van der Waals surface area (Å²) in [4.78, 5) is 38.4. The van der Waals surface area contributed by atoms with Gasteiger partial charge in [-0.1, -0.05) is 41.9 Å². The molecule has 0 bridgehead atoms. The van der Waals surface area contributed by atoms with Crippen LogP contribution in [0, 0.1) is 0 Å². The Kier molecular flexibility index (Phi) is 5.88. The third-order valence-corrected chi connectivity index (χ3v) is 4.17. The maximum absolute atomic E-state index is 12.1. The van der Waals surface area contributed by atoms with Crippen LogP contribution in [0.3, 0.4) is 0 Å². The highest BCUT2D eigenvalue weighted by Gasteiger charge is 2.12. The number of hydrogen-bond acceptors (Lipinski definition) is 4. The number of halogens is 1. The minimum absolute atomic E-state index is 0.00503. The maximum Gasteiger partial charge on any atom is 0.355 e. The van der Waals surface area contributed by atoms with Gasteiger partial charge in [-0.25, -0.2) is 4.79 Å². The molecule has 27 heavy (non-hydrogen) atoms. The first kappa shape index (κ1) is 18.7. The number of carbonyl (C=O) groups is 2. The summed E-state index contributed by atoms with van der Waals surface area (Å²) < 4.78 is 4.97. The van der Waals surface area contributed by atoms with Gasteiger partial charge in [0, 0.05) is 17.0 Å². The first-order chi connectivity index (χ1) is 13.0. The molecule has 2 aromatic carbocycles. The minimum atomic E-state index is -0.761. The monoisotopic (exact) mass is 384 g/mol. The number of nitrogens with one attached hydrogen (secondary N) is 2. The van der Waals surface area contributed by atoms with Crippen molar-refractivity contribution >= 4 is 34.2 Å². The second kappa shape index (κ2) is 8.51. The number of amides is 1. The lowest BCUT2D eigenvalue weighted by molar-refractivity contribution is -0.124. The predicted octanol–water partition coefficient (Wildman–Crippen LogP) is 2.70. The van der Waals surface area contributed by atoms with Crippen LogP contribution in [0.25, 0.3) is 10.8 Å². The fraction of sp³-hybridized carbons (Fsp3) is 0.150. The van der Waals surface area contributed by atoms with Gasteiger partial charge in [0.05, 0.1) is 0 Å². The van der Waals surface area contributed by atoms with Crippen molar-refractivity contribution in [2.75, 3.05) is 13.2 Å². The normalized spacial score (nSPS) is 10.6. The Morgan fingerprint density at radius 2 is 1.89 bits per heavy atom. The van der Waals surface area contributed by atoms with Crippen LogP contribution in [0.1, 0.15) is 16.1 Å². The number of ether oxygens (including phenoxy) is 1. The molecule has 0 atom stereocenters. The molecule has 3 aromatic rings. The number of rotatable bonds is 6. The molecular weight excluding hydrogens is 368 g/mol. The first-order valence-electron chi connectivity index (χ1n) is 8.33. The molecular formula is C20H17ClN2O4. The van der Waals surface area contributed by atoms with Gasteiger partial charge < -0.3 is 15.0 Å². The SMILES string of the molecule is O=C(COC(=O)c1cc2ccccc2c(=O)[nH]1)NCCc1cccc(Cl)c1. The Morgan fingerprint density at radius 3 is 2.70 bits per heavy atom. The van der Waals surface area contributed by atoms with Gasteiger partial charge in [-0.05, 0) is 41.6 Å². The molecule has 6 nitrogen and oxygen atoms in total. The largest absolute Gasteiger partial charge is 0.451 e. The number of pyridine rings is 1. The van der Waals surface area contributed by atoms with E-state index in [1.807, 2.05) is 18.2 Å². The molecule has 0 spiro atoms. The van der Waals surface area contributed by atoms with E-state index in [0.717, 1.165) is 5.56 Å². The average molecular weight is 385 g/mol. The van der Waals surface area contributed by atoms with Gasteiger partial charge >= 0.3 is 5.97 Å². The van der Waals surface area contributed by atoms with Crippen molar-refractivity contribution in [3.05, 3.63) is 81.2 Å². The number of fused-ring (bicyclic) bond motifs is 1. The van der Waals surface area contributed by atoms with Crippen LogP contribution >= 0.6 is 11.6 Å². The Bertz CT molecular complexity index is 1050. The van der Waals surface area contributed by atoms with Crippen LogP contribution in [-0.4, -0.2) is 30.0 Å². The first-order valence-corrected chi connectivity index (χ1v) is 8.71. The zero-order chi connectivity index (χ0) is 19.2. The summed E-state index contributed by atoms with van der Waals surface area (Å²) in [6.07, 6.45) is 0.609. The summed E-state index contributed by atoms with van der Waals surface area (Å²) in [5.41, 5.74) is 0.616. The molecule has 0 saturated heterocycles. The lowest BCUT2D eigenvalue weighted by atomic mass is 10.1.